The molecule has 28 heavy (non-hydrogen) atoms. The van der Waals surface area contributed by atoms with E-state index in [1.807, 2.05) is 85.1 Å². The maximum atomic E-state index is 13.1. The summed E-state index contributed by atoms with van der Waals surface area (Å²) in [6.07, 6.45) is 1.85. The first kappa shape index (κ1) is 18.3. The molecule has 0 fully saturated rings. The number of aromatic nitrogens is 2. The van der Waals surface area contributed by atoms with Crippen molar-refractivity contribution in [1.29, 1.82) is 0 Å². The third-order valence-corrected chi connectivity index (χ3v) is 4.80. The van der Waals surface area contributed by atoms with Crippen molar-refractivity contribution in [3.63, 3.8) is 0 Å². The minimum atomic E-state index is -0.244. The maximum absolute atomic E-state index is 13.1. The van der Waals surface area contributed by atoms with Crippen LogP contribution in [0.3, 0.4) is 0 Å². The summed E-state index contributed by atoms with van der Waals surface area (Å²) in [7, 11) is 0. The zero-order chi connectivity index (χ0) is 19.7. The number of para-hydroxylation sites is 3. The smallest absolute Gasteiger partial charge is 0.274 e. The summed E-state index contributed by atoms with van der Waals surface area (Å²) in [6.45, 7) is 3.80. The van der Waals surface area contributed by atoms with Gasteiger partial charge in [-0.05, 0) is 65.7 Å². The Morgan fingerprint density at radius 2 is 1.79 bits per heavy atom. The van der Waals surface area contributed by atoms with E-state index in [1.165, 1.54) is 0 Å². The molecule has 2 aromatic carbocycles. The second kappa shape index (κ2) is 7.48. The van der Waals surface area contributed by atoms with Crippen molar-refractivity contribution in [2.75, 3.05) is 5.32 Å². The maximum Gasteiger partial charge on any atom is 0.274 e. The molecule has 6 heteroatoms. The van der Waals surface area contributed by atoms with Gasteiger partial charge >= 0.3 is 0 Å². The minimum Gasteiger partial charge on any atom is -0.455 e. The molecule has 1 N–H and O–H groups in total. The van der Waals surface area contributed by atoms with Crippen molar-refractivity contribution >= 4 is 33.2 Å². The Balaban J connectivity index is 1.69. The Labute approximate surface area is 171 Å². The SMILES string of the molecule is Cc1nc2c(C)cc(Br)cn2c1C(=O)Nc1ccccc1Oc1ccccc1. The first-order valence-corrected chi connectivity index (χ1v) is 9.60. The quantitative estimate of drug-likeness (QED) is 0.443. The van der Waals surface area contributed by atoms with Crippen LogP contribution in [0, 0.1) is 13.8 Å². The van der Waals surface area contributed by atoms with Gasteiger partial charge < -0.3 is 10.1 Å². The van der Waals surface area contributed by atoms with Gasteiger partial charge in [0.1, 0.15) is 17.1 Å². The van der Waals surface area contributed by atoms with Crippen LogP contribution >= 0.6 is 15.9 Å². The number of hydrogen-bond acceptors (Lipinski definition) is 3. The molecule has 0 aliphatic rings. The first-order valence-electron chi connectivity index (χ1n) is 8.81. The molecule has 2 aromatic heterocycles. The van der Waals surface area contributed by atoms with Gasteiger partial charge in [-0.2, -0.15) is 0 Å². The lowest BCUT2D eigenvalue weighted by Crippen LogP contribution is -2.16. The number of amides is 1. The Kier molecular flexibility index (Phi) is 4.88. The number of carbonyl (C=O) groups is 1. The lowest BCUT2D eigenvalue weighted by atomic mass is 10.2. The van der Waals surface area contributed by atoms with Crippen LogP contribution in [0.4, 0.5) is 5.69 Å². The number of anilines is 1. The topological polar surface area (TPSA) is 55.6 Å². The number of pyridine rings is 1. The summed E-state index contributed by atoms with van der Waals surface area (Å²) in [4.78, 5) is 17.7. The first-order chi connectivity index (χ1) is 13.5. The fraction of sp³-hybridized carbons (Fsp3) is 0.0909. The summed E-state index contributed by atoms with van der Waals surface area (Å²) in [5.74, 6) is 1.03. The number of aryl methyl sites for hydroxylation is 2. The predicted molar refractivity (Wildman–Crippen MR) is 113 cm³/mol. The molecule has 0 unspecified atom stereocenters. The molecule has 0 aliphatic carbocycles. The van der Waals surface area contributed by atoms with Crippen LogP contribution < -0.4 is 10.1 Å². The highest BCUT2D eigenvalue weighted by Gasteiger charge is 2.19. The normalized spacial score (nSPS) is 10.8. The lowest BCUT2D eigenvalue weighted by Gasteiger charge is -2.12. The van der Waals surface area contributed by atoms with Gasteiger partial charge in [-0.3, -0.25) is 9.20 Å². The van der Waals surface area contributed by atoms with E-state index in [4.69, 9.17) is 4.74 Å². The number of fused-ring (bicyclic) bond motifs is 1. The number of imidazole rings is 1. The molecule has 0 bridgehead atoms. The van der Waals surface area contributed by atoms with E-state index in [0.29, 0.717) is 28.6 Å². The summed E-state index contributed by atoms with van der Waals surface area (Å²) in [5.41, 5.74) is 3.51. The second-order valence-corrected chi connectivity index (χ2v) is 7.36. The number of hydrogen-bond donors (Lipinski definition) is 1. The molecule has 0 aliphatic heterocycles. The molecular formula is C22H18BrN3O2. The molecule has 5 nitrogen and oxygen atoms in total. The van der Waals surface area contributed by atoms with Crippen LogP contribution in [-0.2, 0) is 0 Å². The number of ether oxygens (including phenoxy) is 1. The van der Waals surface area contributed by atoms with Gasteiger partial charge in [-0.15, -0.1) is 0 Å². The molecule has 4 rings (SSSR count). The number of carbonyl (C=O) groups excluding carboxylic acids is 1. The predicted octanol–water partition coefficient (Wildman–Crippen LogP) is 5.76. The molecular weight excluding hydrogens is 418 g/mol. The van der Waals surface area contributed by atoms with Crippen LogP contribution in [0.1, 0.15) is 21.7 Å². The summed E-state index contributed by atoms with van der Waals surface area (Å²) >= 11 is 3.49. The monoisotopic (exact) mass is 435 g/mol. The van der Waals surface area contributed by atoms with Gasteiger partial charge in [0.05, 0.1) is 11.4 Å². The zero-order valence-electron chi connectivity index (χ0n) is 15.4. The second-order valence-electron chi connectivity index (χ2n) is 6.45. The Morgan fingerprint density at radius 1 is 1.07 bits per heavy atom. The van der Waals surface area contributed by atoms with Crippen LogP contribution in [0.25, 0.3) is 5.65 Å². The van der Waals surface area contributed by atoms with Gasteiger partial charge in [0, 0.05) is 10.7 Å². The standard InChI is InChI=1S/C22H18BrN3O2/c1-14-12-16(23)13-26-20(15(2)24-21(14)26)22(27)25-18-10-6-7-11-19(18)28-17-8-4-3-5-9-17/h3-13H,1-2H3,(H,25,27). The van der Waals surface area contributed by atoms with E-state index in [1.54, 1.807) is 0 Å². The van der Waals surface area contributed by atoms with Crippen molar-refractivity contribution in [1.82, 2.24) is 9.38 Å². The van der Waals surface area contributed by atoms with Gasteiger partial charge in [0.25, 0.3) is 5.91 Å². The highest BCUT2D eigenvalue weighted by molar-refractivity contribution is 9.10. The van der Waals surface area contributed by atoms with Gasteiger partial charge in [-0.25, -0.2) is 4.98 Å². The summed E-state index contributed by atoms with van der Waals surface area (Å²) in [6, 6.07) is 18.8. The summed E-state index contributed by atoms with van der Waals surface area (Å²) in [5, 5.41) is 2.97. The van der Waals surface area contributed by atoms with Crippen LogP contribution in [0.2, 0.25) is 0 Å². The lowest BCUT2D eigenvalue weighted by molar-refractivity contribution is 0.102. The largest absolute Gasteiger partial charge is 0.455 e. The van der Waals surface area contributed by atoms with Crippen LogP contribution in [0.15, 0.2) is 71.3 Å². The summed E-state index contributed by atoms with van der Waals surface area (Å²) < 4.78 is 8.64. The van der Waals surface area contributed by atoms with Crippen molar-refractivity contribution in [3.8, 4) is 11.5 Å². The fourth-order valence-electron chi connectivity index (χ4n) is 3.11. The van der Waals surface area contributed by atoms with Crippen molar-refractivity contribution in [2.24, 2.45) is 0 Å². The van der Waals surface area contributed by atoms with Crippen molar-refractivity contribution in [2.45, 2.75) is 13.8 Å². The number of benzene rings is 2. The fourth-order valence-corrected chi connectivity index (χ4v) is 3.66. The number of nitrogens with zero attached hydrogens (tertiary/aromatic N) is 2. The highest BCUT2D eigenvalue weighted by Crippen LogP contribution is 2.30. The molecule has 2 heterocycles. The molecule has 0 saturated heterocycles. The Hall–Kier alpha value is -3.12. The molecule has 0 spiro atoms. The van der Waals surface area contributed by atoms with Gasteiger partial charge in [-0.1, -0.05) is 30.3 Å². The van der Waals surface area contributed by atoms with Gasteiger partial charge in [0.15, 0.2) is 5.75 Å². The molecule has 4 aromatic rings. The number of nitrogens with one attached hydrogen (secondary N) is 1. The molecule has 0 atom stereocenters. The van der Waals surface area contributed by atoms with E-state index in [-0.39, 0.29) is 5.91 Å². The average Bonchev–Trinajstić information content (AvgIpc) is 3.00. The molecule has 1 amide bonds. The molecule has 0 saturated carbocycles. The minimum absolute atomic E-state index is 0.244. The third-order valence-electron chi connectivity index (χ3n) is 4.37. The van der Waals surface area contributed by atoms with E-state index in [2.05, 4.69) is 26.2 Å². The van der Waals surface area contributed by atoms with E-state index in [9.17, 15) is 4.79 Å². The van der Waals surface area contributed by atoms with Crippen molar-refractivity contribution < 1.29 is 9.53 Å². The van der Waals surface area contributed by atoms with Crippen molar-refractivity contribution in [3.05, 3.63) is 88.3 Å². The van der Waals surface area contributed by atoms with Gasteiger partial charge in [0.2, 0.25) is 0 Å². The highest BCUT2D eigenvalue weighted by atomic mass is 79.9. The molecule has 140 valence electrons. The van der Waals surface area contributed by atoms with Crippen LogP contribution in [0.5, 0.6) is 11.5 Å². The average molecular weight is 436 g/mol. The zero-order valence-corrected chi connectivity index (χ0v) is 17.0. The Morgan fingerprint density at radius 3 is 2.57 bits per heavy atom. The van der Waals surface area contributed by atoms with E-state index >= 15 is 0 Å². The Bertz CT molecular complexity index is 1170. The third kappa shape index (κ3) is 3.51. The number of rotatable bonds is 4. The number of halogens is 1. The molecule has 0 radical (unpaired) electrons. The van der Waals surface area contributed by atoms with Crippen LogP contribution in [-0.4, -0.2) is 15.3 Å². The van der Waals surface area contributed by atoms with E-state index < -0.39 is 0 Å². The van der Waals surface area contributed by atoms with E-state index in [0.717, 1.165) is 15.7 Å².